The van der Waals surface area contributed by atoms with E-state index in [4.69, 9.17) is 0 Å². The minimum absolute atomic E-state index is 1.04. The van der Waals surface area contributed by atoms with Crippen molar-refractivity contribution in [3.63, 3.8) is 0 Å². The third kappa shape index (κ3) is 4.08. The lowest BCUT2D eigenvalue weighted by Gasteiger charge is -2.02. The Morgan fingerprint density at radius 1 is 1.29 bits per heavy atom. The normalized spacial score (nSPS) is 11.4. The maximum Gasteiger partial charge on any atom is 0.0561 e. The second-order valence-corrected chi connectivity index (χ2v) is 3.43. The van der Waals surface area contributed by atoms with Crippen molar-refractivity contribution in [2.45, 2.75) is 33.1 Å². The molecule has 1 aromatic carbocycles. The van der Waals surface area contributed by atoms with E-state index in [-0.39, 0.29) is 0 Å². The molecular formula is C12H18N2. The summed E-state index contributed by atoms with van der Waals surface area (Å²) in [4.78, 5) is 0. The summed E-state index contributed by atoms with van der Waals surface area (Å²) in [6, 6.07) is 10.0. The Kier molecular flexibility index (Phi) is 4.76. The van der Waals surface area contributed by atoms with Crippen LogP contribution in [0.4, 0.5) is 5.69 Å². The predicted molar refractivity (Wildman–Crippen MR) is 62.7 cm³/mol. The summed E-state index contributed by atoms with van der Waals surface area (Å²) in [6.45, 7) is 4.25. The van der Waals surface area contributed by atoms with E-state index in [9.17, 15) is 0 Å². The Balaban J connectivity index is 2.39. The Morgan fingerprint density at radius 3 is 2.64 bits per heavy atom. The largest absolute Gasteiger partial charge is 0.279 e. The summed E-state index contributed by atoms with van der Waals surface area (Å²) in [5.41, 5.74) is 5.25. The zero-order valence-corrected chi connectivity index (χ0v) is 8.96. The lowest BCUT2D eigenvalue weighted by molar-refractivity contribution is 0.832. The lowest BCUT2D eigenvalue weighted by Crippen LogP contribution is -1.97. The van der Waals surface area contributed by atoms with Crippen LogP contribution in [0.5, 0.6) is 0 Å². The van der Waals surface area contributed by atoms with E-state index in [0.717, 1.165) is 17.8 Å². The Bertz CT molecular complexity index is 278. The molecule has 1 rings (SSSR count). The molecule has 0 bridgehead atoms. The number of para-hydroxylation sites is 1. The maximum absolute atomic E-state index is 4.30. The van der Waals surface area contributed by atoms with Gasteiger partial charge in [0, 0.05) is 5.71 Å². The molecule has 76 valence electrons. The van der Waals surface area contributed by atoms with Crippen LogP contribution in [0.25, 0.3) is 0 Å². The molecule has 0 radical (unpaired) electrons. The van der Waals surface area contributed by atoms with E-state index in [2.05, 4.69) is 24.4 Å². The molecule has 2 heteroatoms. The molecule has 0 saturated heterocycles. The monoisotopic (exact) mass is 190 g/mol. The standard InChI is InChI=1S/C12H18N2/c1-3-4-8-11(2)13-14-12-9-6-5-7-10-12/h5-7,9-10,14H,3-4,8H2,1-2H3/b13-11+. The summed E-state index contributed by atoms with van der Waals surface area (Å²) in [5.74, 6) is 0. The van der Waals surface area contributed by atoms with Crippen molar-refractivity contribution >= 4 is 11.4 Å². The molecule has 0 spiro atoms. The van der Waals surface area contributed by atoms with Gasteiger partial charge in [0.25, 0.3) is 0 Å². The van der Waals surface area contributed by atoms with Gasteiger partial charge in [-0.05, 0) is 31.9 Å². The van der Waals surface area contributed by atoms with E-state index in [1.165, 1.54) is 12.8 Å². The molecule has 0 aromatic heterocycles. The van der Waals surface area contributed by atoms with Gasteiger partial charge in [0.15, 0.2) is 0 Å². The first-order chi connectivity index (χ1) is 6.83. The number of hydrazone groups is 1. The van der Waals surface area contributed by atoms with E-state index < -0.39 is 0 Å². The fourth-order valence-electron chi connectivity index (χ4n) is 1.16. The molecule has 2 nitrogen and oxygen atoms in total. The van der Waals surface area contributed by atoms with Crippen LogP contribution in [-0.4, -0.2) is 5.71 Å². The van der Waals surface area contributed by atoms with Gasteiger partial charge < -0.3 is 0 Å². The van der Waals surface area contributed by atoms with Crippen molar-refractivity contribution in [2.24, 2.45) is 5.10 Å². The fourth-order valence-corrected chi connectivity index (χ4v) is 1.16. The summed E-state index contributed by atoms with van der Waals surface area (Å²) < 4.78 is 0. The fraction of sp³-hybridized carbons (Fsp3) is 0.417. The average Bonchev–Trinajstić information content (AvgIpc) is 2.25. The Labute approximate surface area is 86.0 Å². The number of benzene rings is 1. The van der Waals surface area contributed by atoms with E-state index >= 15 is 0 Å². The summed E-state index contributed by atoms with van der Waals surface area (Å²) in [5, 5.41) is 4.30. The maximum atomic E-state index is 4.30. The molecule has 0 aliphatic carbocycles. The van der Waals surface area contributed by atoms with Crippen LogP contribution in [-0.2, 0) is 0 Å². The lowest BCUT2D eigenvalue weighted by atomic mass is 10.2. The molecule has 0 atom stereocenters. The van der Waals surface area contributed by atoms with Crippen molar-refractivity contribution < 1.29 is 0 Å². The van der Waals surface area contributed by atoms with E-state index in [0.29, 0.717) is 0 Å². The third-order valence-electron chi connectivity index (χ3n) is 2.04. The van der Waals surface area contributed by atoms with Gasteiger partial charge in [-0.15, -0.1) is 0 Å². The van der Waals surface area contributed by atoms with Crippen LogP contribution in [0.3, 0.4) is 0 Å². The molecule has 14 heavy (non-hydrogen) atoms. The van der Waals surface area contributed by atoms with Crippen LogP contribution in [0.1, 0.15) is 33.1 Å². The van der Waals surface area contributed by atoms with Gasteiger partial charge in [-0.1, -0.05) is 31.5 Å². The minimum atomic E-state index is 1.04. The van der Waals surface area contributed by atoms with E-state index in [1.807, 2.05) is 30.3 Å². The second-order valence-electron chi connectivity index (χ2n) is 3.43. The zero-order chi connectivity index (χ0) is 10.2. The van der Waals surface area contributed by atoms with E-state index in [1.54, 1.807) is 0 Å². The van der Waals surface area contributed by atoms with Crippen molar-refractivity contribution in [2.75, 3.05) is 5.43 Å². The van der Waals surface area contributed by atoms with Gasteiger partial charge in [-0.2, -0.15) is 5.10 Å². The number of unbranched alkanes of at least 4 members (excludes halogenated alkanes) is 1. The van der Waals surface area contributed by atoms with Gasteiger partial charge >= 0.3 is 0 Å². The summed E-state index contributed by atoms with van der Waals surface area (Å²) in [6.07, 6.45) is 3.51. The van der Waals surface area contributed by atoms with Gasteiger partial charge in [0.1, 0.15) is 0 Å². The Hall–Kier alpha value is -1.31. The first-order valence-electron chi connectivity index (χ1n) is 5.17. The summed E-state index contributed by atoms with van der Waals surface area (Å²) >= 11 is 0. The van der Waals surface area contributed by atoms with Gasteiger partial charge in [-0.25, -0.2) is 0 Å². The van der Waals surface area contributed by atoms with Gasteiger partial charge in [0.05, 0.1) is 5.69 Å². The van der Waals surface area contributed by atoms with Crippen molar-refractivity contribution in [3.8, 4) is 0 Å². The summed E-state index contributed by atoms with van der Waals surface area (Å²) in [7, 11) is 0. The van der Waals surface area contributed by atoms with Crippen LogP contribution in [0.15, 0.2) is 35.4 Å². The first-order valence-corrected chi connectivity index (χ1v) is 5.17. The number of anilines is 1. The molecule has 1 aromatic rings. The number of nitrogens with one attached hydrogen (secondary N) is 1. The van der Waals surface area contributed by atoms with Crippen LogP contribution in [0, 0.1) is 0 Å². The van der Waals surface area contributed by atoms with Gasteiger partial charge in [-0.3, -0.25) is 5.43 Å². The average molecular weight is 190 g/mol. The minimum Gasteiger partial charge on any atom is -0.279 e. The SMILES string of the molecule is CCCC/C(C)=N/Nc1ccccc1. The smallest absolute Gasteiger partial charge is 0.0561 e. The van der Waals surface area contributed by atoms with Gasteiger partial charge in [0.2, 0.25) is 0 Å². The Morgan fingerprint density at radius 2 is 2.00 bits per heavy atom. The number of hydrogen-bond acceptors (Lipinski definition) is 2. The quantitative estimate of drug-likeness (QED) is 0.556. The topological polar surface area (TPSA) is 24.4 Å². The van der Waals surface area contributed by atoms with Crippen molar-refractivity contribution in [1.82, 2.24) is 0 Å². The van der Waals surface area contributed by atoms with Crippen molar-refractivity contribution in [3.05, 3.63) is 30.3 Å². The molecule has 0 aliphatic heterocycles. The van der Waals surface area contributed by atoms with Crippen LogP contribution < -0.4 is 5.43 Å². The van der Waals surface area contributed by atoms with Crippen LogP contribution >= 0.6 is 0 Å². The number of hydrogen-bond donors (Lipinski definition) is 1. The molecule has 0 unspecified atom stereocenters. The zero-order valence-electron chi connectivity index (χ0n) is 8.96. The molecular weight excluding hydrogens is 172 g/mol. The second kappa shape index (κ2) is 6.19. The molecule has 0 aliphatic rings. The first kappa shape index (κ1) is 10.8. The number of nitrogens with zero attached hydrogens (tertiary/aromatic N) is 1. The predicted octanol–water partition coefficient (Wildman–Crippen LogP) is 3.66. The highest BCUT2D eigenvalue weighted by atomic mass is 15.3. The molecule has 0 saturated carbocycles. The molecule has 0 heterocycles. The van der Waals surface area contributed by atoms with Crippen LogP contribution in [0.2, 0.25) is 0 Å². The molecule has 0 amide bonds. The highest BCUT2D eigenvalue weighted by Gasteiger charge is 1.90. The number of rotatable bonds is 5. The highest BCUT2D eigenvalue weighted by molar-refractivity contribution is 5.82. The molecule has 1 N–H and O–H groups in total. The van der Waals surface area contributed by atoms with Crippen molar-refractivity contribution in [1.29, 1.82) is 0 Å². The highest BCUT2D eigenvalue weighted by Crippen LogP contribution is 2.05. The molecule has 0 fully saturated rings. The third-order valence-corrected chi connectivity index (χ3v) is 2.04.